The predicted molar refractivity (Wildman–Crippen MR) is 77.0 cm³/mol. The number of aromatic nitrogens is 2. The Kier molecular flexibility index (Phi) is 3.38. The minimum absolute atomic E-state index is 0.00481. The van der Waals surface area contributed by atoms with Crippen LogP contribution >= 0.6 is 0 Å². The van der Waals surface area contributed by atoms with E-state index >= 15 is 0 Å². The van der Waals surface area contributed by atoms with Crippen molar-refractivity contribution in [2.45, 2.75) is 44.7 Å². The lowest BCUT2D eigenvalue weighted by Crippen LogP contribution is -2.22. The van der Waals surface area contributed by atoms with E-state index in [1.807, 2.05) is 12.4 Å². The molecule has 0 fully saturated rings. The number of imidazole rings is 1. The second-order valence-corrected chi connectivity index (χ2v) is 5.35. The first-order valence-corrected chi connectivity index (χ1v) is 7.15. The molecule has 0 aliphatic heterocycles. The number of hydrogen-bond donors (Lipinski definition) is 1. The standard InChI is InChI=1S/C16H21N3/c1-2-10-19-11-9-18-16(19)15(17)14-8-7-12-5-3-4-6-13(12)14/h3-6,9,11,14-15H,2,7-8,10,17H2,1H3. The Morgan fingerprint density at radius 3 is 3.11 bits per heavy atom. The molecule has 19 heavy (non-hydrogen) atoms. The van der Waals surface area contributed by atoms with Crippen molar-refractivity contribution in [3.63, 3.8) is 0 Å². The van der Waals surface area contributed by atoms with Crippen LogP contribution in [0, 0.1) is 0 Å². The summed E-state index contributed by atoms with van der Waals surface area (Å²) >= 11 is 0. The van der Waals surface area contributed by atoms with Gasteiger partial charge in [0.05, 0.1) is 6.04 Å². The molecule has 1 aliphatic carbocycles. The Bertz CT molecular complexity index is 559. The van der Waals surface area contributed by atoms with Gasteiger partial charge in [0.25, 0.3) is 0 Å². The molecule has 2 N–H and O–H groups in total. The van der Waals surface area contributed by atoms with Crippen LogP contribution in [-0.2, 0) is 13.0 Å². The molecule has 3 heteroatoms. The maximum absolute atomic E-state index is 6.51. The molecule has 1 aromatic carbocycles. The summed E-state index contributed by atoms with van der Waals surface area (Å²) in [6.07, 6.45) is 7.30. The first-order chi connectivity index (χ1) is 9.31. The van der Waals surface area contributed by atoms with Crippen molar-refractivity contribution >= 4 is 0 Å². The van der Waals surface area contributed by atoms with E-state index in [0.29, 0.717) is 5.92 Å². The fourth-order valence-electron chi connectivity index (χ4n) is 3.19. The van der Waals surface area contributed by atoms with Crippen molar-refractivity contribution in [1.82, 2.24) is 9.55 Å². The van der Waals surface area contributed by atoms with Gasteiger partial charge in [-0.05, 0) is 30.4 Å². The average Bonchev–Trinajstić information content (AvgIpc) is 3.04. The van der Waals surface area contributed by atoms with Crippen LogP contribution < -0.4 is 5.73 Å². The van der Waals surface area contributed by atoms with Gasteiger partial charge in [0, 0.05) is 24.9 Å². The van der Waals surface area contributed by atoms with Crippen LogP contribution in [0.2, 0.25) is 0 Å². The topological polar surface area (TPSA) is 43.8 Å². The molecule has 0 saturated carbocycles. The van der Waals surface area contributed by atoms with Crippen molar-refractivity contribution in [3.8, 4) is 0 Å². The first-order valence-electron chi connectivity index (χ1n) is 7.15. The Labute approximate surface area is 114 Å². The third-order valence-electron chi connectivity index (χ3n) is 4.12. The summed E-state index contributed by atoms with van der Waals surface area (Å²) in [7, 11) is 0. The van der Waals surface area contributed by atoms with Gasteiger partial charge in [-0.3, -0.25) is 0 Å². The lowest BCUT2D eigenvalue weighted by Gasteiger charge is -2.21. The monoisotopic (exact) mass is 255 g/mol. The van der Waals surface area contributed by atoms with Gasteiger partial charge in [-0.15, -0.1) is 0 Å². The molecule has 0 amide bonds. The molecule has 0 bridgehead atoms. The van der Waals surface area contributed by atoms with Crippen molar-refractivity contribution in [3.05, 3.63) is 53.6 Å². The first kappa shape index (κ1) is 12.4. The van der Waals surface area contributed by atoms with Gasteiger partial charge < -0.3 is 10.3 Å². The highest BCUT2D eigenvalue weighted by Crippen LogP contribution is 2.39. The second-order valence-electron chi connectivity index (χ2n) is 5.35. The number of rotatable bonds is 4. The summed E-state index contributed by atoms with van der Waals surface area (Å²) in [5.74, 6) is 1.44. The molecule has 0 saturated heterocycles. The largest absolute Gasteiger partial charge is 0.334 e. The van der Waals surface area contributed by atoms with E-state index in [2.05, 4.69) is 40.7 Å². The third kappa shape index (κ3) is 2.19. The normalized spacial score (nSPS) is 19.4. The van der Waals surface area contributed by atoms with Gasteiger partial charge in [-0.25, -0.2) is 4.98 Å². The molecule has 2 unspecified atom stereocenters. The minimum Gasteiger partial charge on any atom is -0.334 e. The zero-order valence-electron chi connectivity index (χ0n) is 11.4. The molecule has 0 radical (unpaired) electrons. The number of benzene rings is 1. The van der Waals surface area contributed by atoms with E-state index in [4.69, 9.17) is 5.73 Å². The Balaban J connectivity index is 1.89. The quantitative estimate of drug-likeness (QED) is 0.912. The molecular formula is C16H21N3. The Morgan fingerprint density at radius 1 is 1.42 bits per heavy atom. The Morgan fingerprint density at radius 2 is 2.26 bits per heavy atom. The lowest BCUT2D eigenvalue weighted by atomic mass is 9.93. The van der Waals surface area contributed by atoms with E-state index in [1.165, 1.54) is 11.1 Å². The maximum atomic E-state index is 6.51. The Hall–Kier alpha value is -1.61. The summed E-state index contributed by atoms with van der Waals surface area (Å²) in [5.41, 5.74) is 9.38. The molecule has 100 valence electrons. The van der Waals surface area contributed by atoms with Crippen molar-refractivity contribution in [2.75, 3.05) is 0 Å². The highest BCUT2D eigenvalue weighted by molar-refractivity contribution is 5.36. The molecule has 1 aromatic heterocycles. The van der Waals surface area contributed by atoms with Crippen LogP contribution in [0.15, 0.2) is 36.7 Å². The molecule has 3 rings (SSSR count). The fraction of sp³-hybridized carbons (Fsp3) is 0.438. The van der Waals surface area contributed by atoms with Crippen LogP contribution in [-0.4, -0.2) is 9.55 Å². The van der Waals surface area contributed by atoms with Gasteiger partial charge >= 0.3 is 0 Å². The van der Waals surface area contributed by atoms with E-state index in [-0.39, 0.29) is 6.04 Å². The SMILES string of the molecule is CCCn1ccnc1C(N)C1CCc2ccccc21. The fourth-order valence-corrected chi connectivity index (χ4v) is 3.19. The van der Waals surface area contributed by atoms with Gasteiger partial charge in [0.1, 0.15) is 5.82 Å². The van der Waals surface area contributed by atoms with Gasteiger partial charge in [-0.2, -0.15) is 0 Å². The molecule has 2 atom stereocenters. The van der Waals surface area contributed by atoms with Gasteiger partial charge in [-0.1, -0.05) is 31.2 Å². The maximum Gasteiger partial charge on any atom is 0.126 e. The second kappa shape index (κ2) is 5.17. The zero-order valence-corrected chi connectivity index (χ0v) is 11.4. The molecule has 1 heterocycles. The number of nitrogens with zero attached hydrogens (tertiary/aromatic N) is 2. The summed E-state index contributed by atoms with van der Waals surface area (Å²) in [4.78, 5) is 4.49. The number of fused-ring (bicyclic) bond motifs is 1. The highest BCUT2D eigenvalue weighted by atomic mass is 15.1. The summed E-state index contributed by atoms with van der Waals surface area (Å²) in [6.45, 7) is 3.18. The third-order valence-corrected chi connectivity index (χ3v) is 4.12. The van der Waals surface area contributed by atoms with Crippen LogP contribution in [0.1, 0.15) is 48.7 Å². The van der Waals surface area contributed by atoms with Gasteiger partial charge in [0.2, 0.25) is 0 Å². The average molecular weight is 255 g/mol. The number of aryl methyl sites for hydroxylation is 2. The van der Waals surface area contributed by atoms with Crippen LogP contribution in [0.3, 0.4) is 0 Å². The summed E-state index contributed by atoms with van der Waals surface area (Å²) in [6, 6.07) is 8.68. The summed E-state index contributed by atoms with van der Waals surface area (Å²) < 4.78 is 2.20. The summed E-state index contributed by atoms with van der Waals surface area (Å²) in [5, 5.41) is 0. The van der Waals surface area contributed by atoms with Gasteiger partial charge in [0.15, 0.2) is 0 Å². The molecular weight excluding hydrogens is 234 g/mol. The van der Waals surface area contributed by atoms with Crippen molar-refractivity contribution < 1.29 is 0 Å². The lowest BCUT2D eigenvalue weighted by molar-refractivity contribution is 0.493. The minimum atomic E-state index is 0.00481. The molecule has 1 aliphatic rings. The molecule has 0 spiro atoms. The highest BCUT2D eigenvalue weighted by Gasteiger charge is 2.30. The zero-order chi connectivity index (χ0) is 13.2. The molecule has 3 nitrogen and oxygen atoms in total. The van der Waals surface area contributed by atoms with E-state index < -0.39 is 0 Å². The predicted octanol–water partition coefficient (Wildman–Crippen LogP) is 3.02. The van der Waals surface area contributed by atoms with Crippen LogP contribution in [0.4, 0.5) is 0 Å². The van der Waals surface area contributed by atoms with Crippen molar-refractivity contribution in [1.29, 1.82) is 0 Å². The van der Waals surface area contributed by atoms with Crippen LogP contribution in [0.5, 0.6) is 0 Å². The number of nitrogens with two attached hydrogens (primary N) is 1. The molecule has 2 aromatic rings. The number of hydrogen-bond acceptors (Lipinski definition) is 2. The van der Waals surface area contributed by atoms with E-state index in [0.717, 1.165) is 31.6 Å². The van der Waals surface area contributed by atoms with Crippen LogP contribution in [0.25, 0.3) is 0 Å². The van der Waals surface area contributed by atoms with Crippen molar-refractivity contribution in [2.24, 2.45) is 5.73 Å². The van der Waals surface area contributed by atoms with E-state index in [9.17, 15) is 0 Å². The van der Waals surface area contributed by atoms with E-state index in [1.54, 1.807) is 0 Å². The smallest absolute Gasteiger partial charge is 0.126 e.